The Morgan fingerprint density at radius 2 is 2.09 bits per heavy atom. The maximum absolute atomic E-state index is 12.9. The molecule has 3 rings (SSSR count). The Morgan fingerprint density at radius 3 is 2.74 bits per heavy atom. The van der Waals surface area contributed by atoms with Crippen LogP contribution in [0.2, 0.25) is 0 Å². The molecule has 5 nitrogen and oxygen atoms in total. The second kappa shape index (κ2) is 6.76. The molecule has 1 aliphatic heterocycles. The number of nitrogens with zero attached hydrogens (tertiary/aromatic N) is 3. The van der Waals surface area contributed by atoms with E-state index in [1.165, 1.54) is 11.8 Å². The Balaban J connectivity index is 1.94. The van der Waals surface area contributed by atoms with Crippen LogP contribution in [0, 0.1) is 5.92 Å². The molecule has 1 aromatic heterocycles. The van der Waals surface area contributed by atoms with Gasteiger partial charge in [-0.15, -0.1) is 0 Å². The van der Waals surface area contributed by atoms with Crippen LogP contribution in [0.4, 0.5) is 0 Å². The van der Waals surface area contributed by atoms with Gasteiger partial charge in [0.15, 0.2) is 5.16 Å². The number of aromatic nitrogens is 2. The predicted molar refractivity (Wildman–Crippen MR) is 91.0 cm³/mol. The highest BCUT2D eigenvalue weighted by Crippen LogP contribution is 2.24. The van der Waals surface area contributed by atoms with Crippen LogP contribution in [0.3, 0.4) is 0 Å². The lowest BCUT2D eigenvalue weighted by molar-refractivity contribution is 0.0243. The van der Waals surface area contributed by atoms with Crippen LogP contribution in [0.5, 0.6) is 0 Å². The fourth-order valence-corrected chi connectivity index (χ4v) is 3.40. The number of para-hydroxylation sites is 1. The highest BCUT2D eigenvalue weighted by molar-refractivity contribution is 7.98. The Hall–Kier alpha value is -1.79. The number of aliphatic hydroxyl groups excluding tert-OH is 1. The smallest absolute Gasteiger partial charge is 0.272 e. The van der Waals surface area contributed by atoms with Gasteiger partial charge in [-0.3, -0.25) is 9.36 Å². The van der Waals surface area contributed by atoms with E-state index in [1.807, 2.05) is 48.1 Å². The first-order valence-electron chi connectivity index (χ1n) is 7.76. The molecular weight excluding hydrogens is 310 g/mol. The van der Waals surface area contributed by atoms with Gasteiger partial charge < -0.3 is 10.0 Å². The second-order valence-electron chi connectivity index (χ2n) is 5.89. The first kappa shape index (κ1) is 16.1. The van der Waals surface area contributed by atoms with Gasteiger partial charge in [-0.05, 0) is 30.7 Å². The van der Waals surface area contributed by atoms with Crippen molar-refractivity contribution in [2.75, 3.05) is 19.3 Å². The van der Waals surface area contributed by atoms with E-state index < -0.39 is 6.10 Å². The molecule has 0 radical (unpaired) electrons. The summed E-state index contributed by atoms with van der Waals surface area (Å²) in [5.41, 5.74) is 1.46. The molecule has 1 aromatic carbocycles. The molecule has 1 N–H and O–H groups in total. The fourth-order valence-electron chi connectivity index (χ4n) is 2.85. The maximum atomic E-state index is 12.9. The lowest BCUT2D eigenvalue weighted by Crippen LogP contribution is -2.46. The molecule has 2 unspecified atom stereocenters. The van der Waals surface area contributed by atoms with Crippen molar-refractivity contribution in [3.05, 3.63) is 42.2 Å². The summed E-state index contributed by atoms with van der Waals surface area (Å²) in [5, 5.41) is 10.8. The van der Waals surface area contributed by atoms with Crippen molar-refractivity contribution in [2.45, 2.75) is 24.6 Å². The quantitative estimate of drug-likeness (QED) is 0.878. The van der Waals surface area contributed by atoms with Gasteiger partial charge in [-0.25, -0.2) is 4.98 Å². The normalized spacial score (nSPS) is 21.4. The van der Waals surface area contributed by atoms with Crippen LogP contribution in [0.15, 0.2) is 41.7 Å². The van der Waals surface area contributed by atoms with Crippen molar-refractivity contribution in [1.82, 2.24) is 14.5 Å². The highest BCUT2D eigenvalue weighted by Gasteiger charge is 2.30. The van der Waals surface area contributed by atoms with Crippen molar-refractivity contribution >= 4 is 17.7 Å². The molecule has 6 heteroatoms. The Kier molecular flexibility index (Phi) is 4.73. The van der Waals surface area contributed by atoms with E-state index in [2.05, 4.69) is 4.98 Å². The van der Waals surface area contributed by atoms with Gasteiger partial charge in [-0.1, -0.05) is 36.9 Å². The van der Waals surface area contributed by atoms with Crippen LogP contribution >= 0.6 is 11.8 Å². The van der Waals surface area contributed by atoms with Gasteiger partial charge in [0.05, 0.1) is 12.3 Å². The molecule has 122 valence electrons. The number of rotatable bonds is 3. The average molecular weight is 331 g/mol. The van der Waals surface area contributed by atoms with Gasteiger partial charge in [0.2, 0.25) is 0 Å². The van der Waals surface area contributed by atoms with Crippen molar-refractivity contribution in [3.63, 3.8) is 0 Å². The standard InChI is InChI=1S/C17H21N3O2S/c1-12-8-9-19(11-15(12)21)16(22)14-10-18-17(23-2)20(14)13-6-4-3-5-7-13/h3-7,10,12,15,21H,8-9,11H2,1-2H3. The maximum Gasteiger partial charge on any atom is 0.272 e. The van der Waals surface area contributed by atoms with E-state index in [-0.39, 0.29) is 11.8 Å². The average Bonchev–Trinajstić information content (AvgIpc) is 3.01. The summed E-state index contributed by atoms with van der Waals surface area (Å²) < 4.78 is 1.89. The molecule has 0 aliphatic carbocycles. The molecule has 2 atom stereocenters. The van der Waals surface area contributed by atoms with Crippen LogP contribution in [0.1, 0.15) is 23.8 Å². The molecule has 1 saturated heterocycles. The SMILES string of the molecule is CSc1ncc(C(=O)N2CCC(C)C(O)C2)n1-c1ccccc1. The first-order valence-corrected chi connectivity index (χ1v) is 8.98. The summed E-state index contributed by atoms with van der Waals surface area (Å²) in [4.78, 5) is 19.0. The molecule has 0 saturated carbocycles. The van der Waals surface area contributed by atoms with Crippen LogP contribution in [-0.2, 0) is 0 Å². The van der Waals surface area contributed by atoms with E-state index in [9.17, 15) is 9.90 Å². The lowest BCUT2D eigenvalue weighted by atomic mass is 9.96. The van der Waals surface area contributed by atoms with Gasteiger partial charge in [0.25, 0.3) is 5.91 Å². The number of hydrogen-bond acceptors (Lipinski definition) is 4. The van der Waals surface area contributed by atoms with Gasteiger partial charge in [0.1, 0.15) is 5.69 Å². The van der Waals surface area contributed by atoms with Crippen molar-refractivity contribution in [2.24, 2.45) is 5.92 Å². The minimum absolute atomic E-state index is 0.0763. The highest BCUT2D eigenvalue weighted by atomic mass is 32.2. The van der Waals surface area contributed by atoms with E-state index >= 15 is 0 Å². The van der Waals surface area contributed by atoms with Gasteiger partial charge in [-0.2, -0.15) is 0 Å². The zero-order valence-corrected chi connectivity index (χ0v) is 14.2. The number of carbonyl (C=O) groups is 1. The number of likely N-dealkylation sites (tertiary alicyclic amines) is 1. The molecule has 23 heavy (non-hydrogen) atoms. The molecule has 2 aromatic rings. The summed E-state index contributed by atoms with van der Waals surface area (Å²) in [5.74, 6) is 0.160. The zero-order chi connectivity index (χ0) is 16.4. The van der Waals surface area contributed by atoms with Crippen molar-refractivity contribution < 1.29 is 9.90 Å². The number of hydrogen-bond donors (Lipinski definition) is 1. The number of benzene rings is 1. The third kappa shape index (κ3) is 3.14. The number of imidazole rings is 1. The molecule has 0 bridgehead atoms. The number of thioether (sulfide) groups is 1. The predicted octanol–water partition coefficient (Wildman–Crippen LogP) is 2.44. The number of piperidine rings is 1. The monoisotopic (exact) mass is 331 g/mol. The summed E-state index contributed by atoms with van der Waals surface area (Å²) >= 11 is 1.51. The number of amides is 1. The zero-order valence-electron chi connectivity index (χ0n) is 13.3. The van der Waals surface area contributed by atoms with E-state index in [0.29, 0.717) is 18.8 Å². The summed E-state index contributed by atoms with van der Waals surface area (Å²) in [6.07, 6.45) is 3.94. The molecule has 0 spiro atoms. The minimum Gasteiger partial charge on any atom is -0.391 e. The van der Waals surface area contributed by atoms with Gasteiger partial charge >= 0.3 is 0 Å². The largest absolute Gasteiger partial charge is 0.391 e. The molecule has 1 aliphatic rings. The summed E-state index contributed by atoms with van der Waals surface area (Å²) in [6.45, 7) is 3.08. The Bertz CT molecular complexity index is 686. The number of aliphatic hydroxyl groups is 1. The second-order valence-corrected chi connectivity index (χ2v) is 6.66. The first-order chi connectivity index (χ1) is 11.1. The van der Waals surface area contributed by atoms with Crippen LogP contribution in [0.25, 0.3) is 5.69 Å². The topological polar surface area (TPSA) is 58.4 Å². The summed E-state index contributed by atoms with van der Waals surface area (Å²) in [7, 11) is 0. The van der Waals surface area contributed by atoms with Crippen LogP contribution < -0.4 is 0 Å². The van der Waals surface area contributed by atoms with Crippen molar-refractivity contribution in [1.29, 1.82) is 0 Å². The van der Waals surface area contributed by atoms with Gasteiger partial charge in [0, 0.05) is 18.8 Å². The Morgan fingerprint density at radius 1 is 1.35 bits per heavy atom. The minimum atomic E-state index is -0.458. The lowest BCUT2D eigenvalue weighted by Gasteiger charge is -2.34. The third-order valence-electron chi connectivity index (χ3n) is 4.35. The van der Waals surface area contributed by atoms with E-state index in [4.69, 9.17) is 0 Å². The Labute approximate surface area is 140 Å². The third-order valence-corrected chi connectivity index (χ3v) is 5.00. The molecule has 1 amide bonds. The summed E-state index contributed by atoms with van der Waals surface area (Å²) in [6, 6.07) is 9.76. The number of β-amino-alcohol motifs (C(OH)–C–C–N with tert-alkyl or cyclic N) is 1. The number of carbonyl (C=O) groups excluding carboxylic acids is 1. The van der Waals surface area contributed by atoms with Crippen molar-refractivity contribution in [3.8, 4) is 5.69 Å². The molecular formula is C17H21N3O2S. The van der Waals surface area contributed by atoms with Crippen LogP contribution in [-0.4, -0.2) is 50.9 Å². The van der Waals surface area contributed by atoms with E-state index in [1.54, 1.807) is 11.1 Å². The fraction of sp³-hybridized carbons (Fsp3) is 0.412. The molecule has 2 heterocycles. The van der Waals surface area contributed by atoms with E-state index in [0.717, 1.165) is 17.3 Å². The molecule has 1 fully saturated rings.